The minimum Gasteiger partial charge on any atom is -0.497 e. The molecule has 42 heavy (non-hydrogen) atoms. The third-order valence-electron chi connectivity index (χ3n) is 7.75. The molecular formula is C32H39N3O6S. The van der Waals surface area contributed by atoms with E-state index in [1.807, 2.05) is 31.2 Å². The van der Waals surface area contributed by atoms with Crippen molar-refractivity contribution in [3.05, 3.63) is 83.9 Å². The van der Waals surface area contributed by atoms with Crippen LogP contribution in [0.4, 0.5) is 5.69 Å². The van der Waals surface area contributed by atoms with E-state index in [4.69, 9.17) is 9.47 Å². The van der Waals surface area contributed by atoms with Crippen LogP contribution in [0, 0.1) is 6.92 Å². The monoisotopic (exact) mass is 593 g/mol. The van der Waals surface area contributed by atoms with Gasteiger partial charge in [0, 0.05) is 12.6 Å². The Bertz CT molecular complexity index is 1490. The highest BCUT2D eigenvalue weighted by Crippen LogP contribution is 2.33. The van der Waals surface area contributed by atoms with E-state index in [2.05, 4.69) is 5.32 Å². The molecule has 0 unspecified atom stereocenters. The highest BCUT2D eigenvalue weighted by atomic mass is 32.2. The van der Waals surface area contributed by atoms with Gasteiger partial charge in [-0.15, -0.1) is 0 Å². The number of sulfonamides is 1. The Labute approximate surface area is 248 Å². The van der Waals surface area contributed by atoms with Crippen molar-refractivity contribution in [1.29, 1.82) is 0 Å². The first kappa shape index (κ1) is 30.9. The molecular weight excluding hydrogens is 554 g/mol. The zero-order chi connectivity index (χ0) is 30.3. The quantitative estimate of drug-likeness (QED) is 0.327. The van der Waals surface area contributed by atoms with Gasteiger partial charge in [-0.2, -0.15) is 0 Å². The summed E-state index contributed by atoms with van der Waals surface area (Å²) >= 11 is 0. The summed E-state index contributed by atoms with van der Waals surface area (Å²) in [6.45, 7) is 3.23. The molecule has 0 bridgehead atoms. The van der Waals surface area contributed by atoms with Gasteiger partial charge in [0.2, 0.25) is 11.8 Å². The van der Waals surface area contributed by atoms with Gasteiger partial charge in [-0.3, -0.25) is 13.9 Å². The number of aryl methyl sites for hydroxylation is 1. The Morgan fingerprint density at radius 2 is 1.57 bits per heavy atom. The SMILES string of the molecule is COc1ccc(S(=O)(=O)N(CC(=O)N(Cc2ccccc2C)[C@H](C)C(=O)NC2CCCC2)c2ccccc2OC)cc1. The van der Waals surface area contributed by atoms with E-state index in [0.717, 1.165) is 41.1 Å². The molecule has 9 nitrogen and oxygen atoms in total. The van der Waals surface area contributed by atoms with Gasteiger partial charge in [0.05, 0.1) is 24.8 Å². The average molecular weight is 594 g/mol. The molecule has 1 saturated carbocycles. The van der Waals surface area contributed by atoms with E-state index in [9.17, 15) is 18.0 Å². The second-order valence-corrected chi connectivity index (χ2v) is 12.3. The van der Waals surface area contributed by atoms with E-state index >= 15 is 0 Å². The summed E-state index contributed by atoms with van der Waals surface area (Å²) in [7, 11) is -1.30. The first-order valence-corrected chi connectivity index (χ1v) is 15.5. The maximum atomic E-state index is 14.2. The van der Waals surface area contributed by atoms with Gasteiger partial charge in [-0.1, -0.05) is 49.2 Å². The third-order valence-corrected chi connectivity index (χ3v) is 9.52. The molecule has 1 atom stereocenters. The standard InChI is InChI=1S/C32H39N3O6S/c1-23-11-5-6-12-25(23)21-34(24(2)32(37)33-26-13-7-8-14-26)31(36)22-35(29-15-9-10-16-30(29)41-4)42(38,39)28-19-17-27(40-3)18-20-28/h5-6,9-12,15-20,24,26H,7-8,13-14,21-22H2,1-4H3,(H,33,37)/t24-/m1/s1. The summed E-state index contributed by atoms with van der Waals surface area (Å²) in [5, 5.41) is 3.09. The van der Waals surface area contributed by atoms with Crippen LogP contribution >= 0.6 is 0 Å². The lowest BCUT2D eigenvalue weighted by molar-refractivity contribution is -0.139. The predicted octanol–water partition coefficient (Wildman–Crippen LogP) is 4.68. The molecule has 0 saturated heterocycles. The summed E-state index contributed by atoms with van der Waals surface area (Å²) in [6.07, 6.45) is 3.93. The zero-order valence-corrected chi connectivity index (χ0v) is 25.4. The lowest BCUT2D eigenvalue weighted by atomic mass is 10.1. The van der Waals surface area contributed by atoms with Crippen LogP contribution in [0.15, 0.2) is 77.7 Å². The van der Waals surface area contributed by atoms with Crippen LogP contribution in [0.2, 0.25) is 0 Å². The van der Waals surface area contributed by atoms with Crippen molar-refractivity contribution in [3.63, 3.8) is 0 Å². The molecule has 1 aliphatic rings. The van der Waals surface area contributed by atoms with E-state index in [1.165, 1.54) is 31.3 Å². The van der Waals surface area contributed by atoms with Crippen molar-refractivity contribution >= 4 is 27.5 Å². The van der Waals surface area contributed by atoms with Gasteiger partial charge < -0.3 is 19.7 Å². The number of hydrogen-bond acceptors (Lipinski definition) is 6. The summed E-state index contributed by atoms with van der Waals surface area (Å²) in [6, 6.07) is 19.5. The van der Waals surface area contributed by atoms with Crippen molar-refractivity contribution in [3.8, 4) is 11.5 Å². The number of para-hydroxylation sites is 2. The molecule has 0 radical (unpaired) electrons. The fraction of sp³-hybridized carbons (Fsp3) is 0.375. The number of rotatable bonds is 12. The molecule has 4 rings (SSSR count). The molecule has 1 aliphatic carbocycles. The molecule has 1 N–H and O–H groups in total. The molecule has 3 aromatic carbocycles. The molecule has 0 aliphatic heterocycles. The van der Waals surface area contributed by atoms with Crippen LogP contribution in [0.5, 0.6) is 11.5 Å². The Morgan fingerprint density at radius 1 is 0.929 bits per heavy atom. The van der Waals surface area contributed by atoms with Crippen LogP contribution in [-0.4, -0.2) is 58.0 Å². The summed E-state index contributed by atoms with van der Waals surface area (Å²) in [4.78, 5) is 29.0. The highest BCUT2D eigenvalue weighted by molar-refractivity contribution is 7.92. The Kier molecular flexibility index (Phi) is 10.1. The van der Waals surface area contributed by atoms with E-state index in [1.54, 1.807) is 43.3 Å². The third kappa shape index (κ3) is 7.05. The number of anilines is 1. The zero-order valence-electron chi connectivity index (χ0n) is 24.6. The van der Waals surface area contributed by atoms with Gasteiger partial charge >= 0.3 is 0 Å². The Hall–Kier alpha value is -4.05. The fourth-order valence-corrected chi connectivity index (χ4v) is 6.59. The number of methoxy groups -OCH3 is 2. The molecule has 0 spiro atoms. The molecule has 3 aromatic rings. The number of benzene rings is 3. The van der Waals surface area contributed by atoms with Gasteiger partial charge in [-0.25, -0.2) is 8.42 Å². The largest absolute Gasteiger partial charge is 0.497 e. The van der Waals surface area contributed by atoms with Crippen molar-refractivity contribution in [1.82, 2.24) is 10.2 Å². The van der Waals surface area contributed by atoms with Crippen LogP contribution in [0.1, 0.15) is 43.7 Å². The molecule has 224 valence electrons. The second kappa shape index (κ2) is 13.7. The van der Waals surface area contributed by atoms with Crippen LogP contribution in [0.25, 0.3) is 0 Å². The van der Waals surface area contributed by atoms with Gasteiger partial charge in [0.1, 0.15) is 24.1 Å². The topological polar surface area (TPSA) is 105 Å². The van der Waals surface area contributed by atoms with Crippen LogP contribution in [0.3, 0.4) is 0 Å². The molecule has 10 heteroatoms. The Balaban J connectivity index is 1.72. The molecule has 1 fully saturated rings. The number of carbonyl (C=O) groups excluding carboxylic acids is 2. The minimum atomic E-state index is -4.24. The van der Waals surface area contributed by atoms with Crippen LogP contribution in [-0.2, 0) is 26.2 Å². The maximum absolute atomic E-state index is 14.2. The van der Waals surface area contributed by atoms with Gasteiger partial charge in [0.15, 0.2) is 0 Å². The molecule has 2 amide bonds. The first-order valence-electron chi connectivity index (χ1n) is 14.1. The predicted molar refractivity (Wildman–Crippen MR) is 162 cm³/mol. The number of ether oxygens (including phenoxy) is 2. The van der Waals surface area contributed by atoms with E-state index in [0.29, 0.717) is 11.5 Å². The fourth-order valence-electron chi connectivity index (χ4n) is 5.17. The van der Waals surface area contributed by atoms with Crippen molar-refractivity contribution < 1.29 is 27.5 Å². The van der Waals surface area contributed by atoms with Crippen molar-refractivity contribution in [2.45, 2.75) is 63.1 Å². The van der Waals surface area contributed by atoms with Gasteiger partial charge in [-0.05, 0) is 74.2 Å². The van der Waals surface area contributed by atoms with Crippen molar-refractivity contribution in [2.24, 2.45) is 0 Å². The summed E-state index contributed by atoms with van der Waals surface area (Å²) in [5.74, 6) is 0.0150. The molecule has 0 aromatic heterocycles. The Morgan fingerprint density at radius 3 is 2.21 bits per heavy atom. The van der Waals surface area contributed by atoms with Gasteiger partial charge in [0.25, 0.3) is 10.0 Å². The lowest BCUT2D eigenvalue weighted by Gasteiger charge is -2.33. The number of carbonyl (C=O) groups is 2. The van der Waals surface area contributed by atoms with Crippen molar-refractivity contribution in [2.75, 3.05) is 25.1 Å². The number of hydrogen-bond donors (Lipinski definition) is 1. The smallest absolute Gasteiger partial charge is 0.264 e. The number of nitrogens with one attached hydrogen (secondary N) is 1. The lowest BCUT2D eigenvalue weighted by Crippen LogP contribution is -2.52. The minimum absolute atomic E-state index is 0.0144. The number of nitrogens with zero attached hydrogens (tertiary/aromatic N) is 2. The van der Waals surface area contributed by atoms with Crippen LogP contribution < -0.4 is 19.1 Å². The highest BCUT2D eigenvalue weighted by Gasteiger charge is 2.34. The normalized spacial score (nSPS) is 14.2. The summed E-state index contributed by atoms with van der Waals surface area (Å²) < 4.78 is 39.9. The average Bonchev–Trinajstić information content (AvgIpc) is 3.52. The van der Waals surface area contributed by atoms with E-state index < -0.39 is 28.5 Å². The summed E-state index contributed by atoms with van der Waals surface area (Å²) in [5.41, 5.74) is 2.04. The number of amides is 2. The maximum Gasteiger partial charge on any atom is 0.264 e. The van der Waals surface area contributed by atoms with E-state index in [-0.39, 0.29) is 29.1 Å². The molecule has 0 heterocycles. The first-order chi connectivity index (χ1) is 20.1. The second-order valence-electron chi connectivity index (χ2n) is 10.5.